The van der Waals surface area contributed by atoms with Crippen molar-refractivity contribution in [3.63, 3.8) is 0 Å². The molecule has 1 rings (SSSR count). The molecule has 3 N–H and O–H groups in total. The monoisotopic (exact) mass is 226 g/mol. The topological polar surface area (TPSA) is 98.6 Å². The van der Waals surface area contributed by atoms with Crippen molar-refractivity contribution in [2.75, 3.05) is 13.2 Å². The van der Waals surface area contributed by atoms with Crippen molar-refractivity contribution in [3.05, 3.63) is 33.9 Å². The highest BCUT2D eigenvalue weighted by Crippen LogP contribution is 2.30. The number of aliphatic hydroxyl groups is 1. The van der Waals surface area contributed by atoms with Crippen LogP contribution in [0.4, 0.5) is 5.69 Å². The van der Waals surface area contributed by atoms with Crippen LogP contribution in [-0.2, 0) is 0 Å². The minimum absolute atomic E-state index is 0.0534. The van der Waals surface area contributed by atoms with Gasteiger partial charge in [-0.3, -0.25) is 10.1 Å². The fourth-order valence-electron chi connectivity index (χ4n) is 1.22. The third-order valence-corrected chi connectivity index (χ3v) is 2.08. The Kier molecular flexibility index (Phi) is 4.21. The molecule has 1 aromatic carbocycles. The summed E-state index contributed by atoms with van der Waals surface area (Å²) in [6, 6.07) is 4.65. The molecule has 0 saturated heterocycles. The van der Waals surface area contributed by atoms with E-state index in [1.165, 1.54) is 6.07 Å². The third kappa shape index (κ3) is 2.91. The minimum Gasteiger partial charge on any atom is -0.484 e. The summed E-state index contributed by atoms with van der Waals surface area (Å²) in [5.41, 5.74) is 5.75. The number of hydrogen-bond donors (Lipinski definition) is 2. The van der Waals surface area contributed by atoms with E-state index in [-0.39, 0.29) is 24.6 Å². The molecule has 0 aromatic heterocycles. The Morgan fingerprint density at radius 3 is 2.88 bits per heavy atom. The van der Waals surface area contributed by atoms with Crippen molar-refractivity contribution in [1.82, 2.24) is 0 Å². The predicted molar refractivity (Wildman–Crippen MR) is 58.4 cm³/mol. The first-order chi connectivity index (χ1) is 7.56. The van der Waals surface area contributed by atoms with Crippen LogP contribution >= 0.6 is 0 Å². The molecule has 0 aliphatic heterocycles. The largest absolute Gasteiger partial charge is 0.484 e. The molecule has 0 aliphatic rings. The number of rotatable bonds is 5. The number of nitro benzene ring substituents is 1. The van der Waals surface area contributed by atoms with Crippen molar-refractivity contribution in [2.45, 2.75) is 13.0 Å². The second kappa shape index (κ2) is 5.43. The Morgan fingerprint density at radius 2 is 2.31 bits per heavy atom. The number of nitrogens with zero attached hydrogens (tertiary/aromatic N) is 1. The molecular formula is C10H14N2O4. The molecule has 88 valence electrons. The molecule has 0 heterocycles. The Labute approximate surface area is 92.8 Å². The lowest BCUT2D eigenvalue weighted by Gasteiger charge is -2.12. The van der Waals surface area contributed by atoms with E-state index in [4.69, 9.17) is 10.5 Å². The Balaban J connectivity index is 2.88. The standard InChI is InChI=1S/C10H14N2O4/c1-7-3-2-4-9(12(14)15)10(7)16-6-8(13)5-11/h2-4,8,13H,5-6,11H2,1H3. The van der Waals surface area contributed by atoms with E-state index in [2.05, 4.69) is 0 Å². The average Bonchev–Trinajstić information content (AvgIpc) is 2.26. The maximum absolute atomic E-state index is 10.7. The minimum atomic E-state index is -0.820. The number of nitro groups is 1. The molecular weight excluding hydrogens is 212 g/mol. The summed E-state index contributed by atoms with van der Waals surface area (Å²) in [4.78, 5) is 10.2. The lowest BCUT2D eigenvalue weighted by molar-refractivity contribution is -0.386. The van der Waals surface area contributed by atoms with E-state index in [0.29, 0.717) is 5.56 Å². The predicted octanol–water partition coefficient (Wildman–Crippen LogP) is 0.602. The second-order valence-electron chi connectivity index (χ2n) is 3.38. The van der Waals surface area contributed by atoms with Crippen LogP contribution in [0, 0.1) is 17.0 Å². The first kappa shape index (κ1) is 12.4. The molecule has 16 heavy (non-hydrogen) atoms. The number of para-hydroxylation sites is 1. The molecule has 0 saturated carbocycles. The summed E-state index contributed by atoms with van der Waals surface area (Å²) in [6.07, 6.45) is -0.820. The molecule has 6 nitrogen and oxygen atoms in total. The molecule has 1 atom stereocenters. The van der Waals surface area contributed by atoms with E-state index < -0.39 is 11.0 Å². The average molecular weight is 226 g/mol. The Morgan fingerprint density at radius 1 is 1.62 bits per heavy atom. The normalized spacial score (nSPS) is 12.2. The van der Waals surface area contributed by atoms with Gasteiger partial charge in [-0.25, -0.2) is 0 Å². The molecule has 0 spiro atoms. The Hall–Kier alpha value is -1.66. The zero-order chi connectivity index (χ0) is 12.1. The van der Waals surface area contributed by atoms with Crippen molar-refractivity contribution < 1.29 is 14.8 Å². The Bertz CT molecular complexity index is 381. The van der Waals surface area contributed by atoms with Gasteiger partial charge >= 0.3 is 5.69 Å². The van der Waals surface area contributed by atoms with E-state index in [1.54, 1.807) is 19.1 Å². The summed E-state index contributed by atoms with van der Waals surface area (Å²) >= 11 is 0. The van der Waals surface area contributed by atoms with E-state index in [9.17, 15) is 15.2 Å². The highest BCUT2D eigenvalue weighted by atomic mass is 16.6. The van der Waals surface area contributed by atoms with Gasteiger partial charge in [0, 0.05) is 12.6 Å². The highest BCUT2D eigenvalue weighted by molar-refractivity contribution is 5.51. The molecule has 0 bridgehead atoms. The van der Waals surface area contributed by atoms with Crippen LogP contribution in [0.5, 0.6) is 5.75 Å². The second-order valence-corrected chi connectivity index (χ2v) is 3.38. The number of hydrogen-bond acceptors (Lipinski definition) is 5. The molecule has 1 aromatic rings. The smallest absolute Gasteiger partial charge is 0.311 e. The van der Waals surface area contributed by atoms with Gasteiger partial charge in [-0.05, 0) is 12.5 Å². The molecule has 1 unspecified atom stereocenters. The van der Waals surface area contributed by atoms with Gasteiger partial charge in [0.1, 0.15) is 12.7 Å². The maximum atomic E-state index is 10.7. The van der Waals surface area contributed by atoms with Crippen LogP contribution in [0.1, 0.15) is 5.56 Å². The lowest BCUT2D eigenvalue weighted by atomic mass is 10.2. The van der Waals surface area contributed by atoms with Crippen LogP contribution in [0.25, 0.3) is 0 Å². The zero-order valence-electron chi connectivity index (χ0n) is 8.92. The number of aryl methyl sites for hydroxylation is 1. The SMILES string of the molecule is Cc1cccc([N+](=O)[O-])c1OCC(O)CN. The quantitative estimate of drug-likeness (QED) is 0.566. The van der Waals surface area contributed by atoms with Crippen molar-refractivity contribution in [3.8, 4) is 5.75 Å². The summed E-state index contributed by atoms with van der Waals surface area (Å²) in [5.74, 6) is 0.181. The molecule has 0 fully saturated rings. The van der Waals surface area contributed by atoms with Crippen LogP contribution in [0.2, 0.25) is 0 Å². The van der Waals surface area contributed by atoms with Gasteiger partial charge < -0.3 is 15.6 Å². The van der Waals surface area contributed by atoms with Crippen molar-refractivity contribution in [1.29, 1.82) is 0 Å². The summed E-state index contributed by atoms with van der Waals surface area (Å²) < 4.78 is 5.21. The van der Waals surface area contributed by atoms with Crippen molar-refractivity contribution in [2.24, 2.45) is 5.73 Å². The maximum Gasteiger partial charge on any atom is 0.311 e. The number of ether oxygens (including phenoxy) is 1. The molecule has 6 heteroatoms. The highest BCUT2D eigenvalue weighted by Gasteiger charge is 2.17. The summed E-state index contributed by atoms with van der Waals surface area (Å²) in [5, 5.41) is 19.9. The first-order valence-corrected chi connectivity index (χ1v) is 4.81. The van der Waals surface area contributed by atoms with Gasteiger partial charge in [0.15, 0.2) is 5.75 Å². The number of nitrogens with two attached hydrogens (primary N) is 1. The number of aliphatic hydroxyl groups excluding tert-OH is 1. The summed E-state index contributed by atoms with van der Waals surface area (Å²) in [6.45, 7) is 1.71. The first-order valence-electron chi connectivity index (χ1n) is 4.81. The van der Waals surface area contributed by atoms with Gasteiger partial charge in [0.2, 0.25) is 0 Å². The van der Waals surface area contributed by atoms with Gasteiger partial charge in [-0.1, -0.05) is 12.1 Å². The van der Waals surface area contributed by atoms with Gasteiger partial charge in [-0.15, -0.1) is 0 Å². The molecule has 0 amide bonds. The fraction of sp³-hybridized carbons (Fsp3) is 0.400. The van der Waals surface area contributed by atoms with Gasteiger partial charge in [0.05, 0.1) is 4.92 Å². The summed E-state index contributed by atoms with van der Waals surface area (Å²) in [7, 11) is 0. The van der Waals surface area contributed by atoms with E-state index in [0.717, 1.165) is 0 Å². The van der Waals surface area contributed by atoms with E-state index in [1.807, 2.05) is 0 Å². The van der Waals surface area contributed by atoms with E-state index >= 15 is 0 Å². The number of benzene rings is 1. The zero-order valence-corrected chi connectivity index (χ0v) is 8.92. The lowest BCUT2D eigenvalue weighted by Crippen LogP contribution is -2.26. The molecule has 0 aliphatic carbocycles. The third-order valence-electron chi connectivity index (χ3n) is 2.08. The fourth-order valence-corrected chi connectivity index (χ4v) is 1.22. The van der Waals surface area contributed by atoms with Gasteiger partial charge in [-0.2, -0.15) is 0 Å². The van der Waals surface area contributed by atoms with Crippen LogP contribution in [0.15, 0.2) is 18.2 Å². The van der Waals surface area contributed by atoms with Crippen LogP contribution < -0.4 is 10.5 Å². The van der Waals surface area contributed by atoms with Crippen LogP contribution in [0.3, 0.4) is 0 Å². The molecule has 0 radical (unpaired) electrons. The van der Waals surface area contributed by atoms with Crippen molar-refractivity contribution >= 4 is 5.69 Å². The van der Waals surface area contributed by atoms with Gasteiger partial charge in [0.25, 0.3) is 0 Å². The van der Waals surface area contributed by atoms with Crippen LogP contribution in [-0.4, -0.2) is 29.3 Å².